The van der Waals surface area contributed by atoms with Crippen molar-refractivity contribution in [2.45, 2.75) is 25.3 Å². The molecule has 2 aromatic carbocycles. The third-order valence-electron chi connectivity index (χ3n) is 5.03. The lowest BCUT2D eigenvalue weighted by atomic mass is 10.1. The molecule has 2 amide bonds. The summed E-state index contributed by atoms with van der Waals surface area (Å²) in [5, 5.41) is 1.85. The van der Waals surface area contributed by atoms with E-state index in [0.717, 1.165) is 10.5 Å². The number of furan rings is 1. The lowest BCUT2D eigenvalue weighted by Gasteiger charge is -2.29. The minimum atomic E-state index is -5.19. The molecular formula is C23H18F3N3O3. The van der Waals surface area contributed by atoms with E-state index >= 15 is 0 Å². The Morgan fingerprint density at radius 1 is 1.06 bits per heavy atom. The van der Waals surface area contributed by atoms with Crippen molar-refractivity contribution >= 4 is 17.6 Å². The standard InChI is InChI=1S/C23H18F3N3O3/c1-15-9-11-17(12-10-15)20(30)28-22(23(24,25)26)21(31)29(14-18-8-5-13-32-18)19(27-22)16-6-3-2-4-7-16/h2-13H,14H2,1H3,(H,28,30)/t22-/m1/s1. The fourth-order valence-electron chi connectivity index (χ4n) is 3.35. The Balaban J connectivity index is 1.79. The van der Waals surface area contributed by atoms with Crippen LogP contribution in [-0.4, -0.2) is 34.4 Å². The number of carbonyl (C=O) groups excluding carboxylic acids is 2. The molecule has 9 heteroatoms. The number of rotatable bonds is 5. The Morgan fingerprint density at radius 2 is 1.75 bits per heavy atom. The van der Waals surface area contributed by atoms with Gasteiger partial charge in [-0.25, -0.2) is 4.99 Å². The van der Waals surface area contributed by atoms with Crippen LogP contribution in [0.5, 0.6) is 0 Å². The maximum absolute atomic E-state index is 14.4. The number of nitrogens with zero attached hydrogens (tertiary/aromatic N) is 2. The predicted molar refractivity (Wildman–Crippen MR) is 110 cm³/mol. The summed E-state index contributed by atoms with van der Waals surface area (Å²) >= 11 is 0. The van der Waals surface area contributed by atoms with Crippen LogP contribution in [0, 0.1) is 6.92 Å². The van der Waals surface area contributed by atoms with E-state index in [0.29, 0.717) is 5.56 Å². The lowest BCUT2D eigenvalue weighted by molar-refractivity contribution is -0.196. The van der Waals surface area contributed by atoms with Gasteiger partial charge in [0, 0.05) is 11.1 Å². The van der Waals surface area contributed by atoms with E-state index < -0.39 is 23.7 Å². The van der Waals surface area contributed by atoms with Crippen LogP contribution in [0.15, 0.2) is 82.4 Å². The summed E-state index contributed by atoms with van der Waals surface area (Å²) in [6.07, 6.45) is -3.84. The number of aliphatic imine (C=N–C) groups is 1. The van der Waals surface area contributed by atoms with Crippen LogP contribution < -0.4 is 5.32 Å². The zero-order chi connectivity index (χ0) is 22.9. The first-order chi connectivity index (χ1) is 15.2. The van der Waals surface area contributed by atoms with Gasteiger partial charge >= 0.3 is 11.8 Å². The van der Waals surface area contributed by atoms with E-state index in [2.05, 4.69) is 4.99 Å². The molecule has 4 rings (SSSR count). The summed E-state index contributed by atoms with van der Waals surface area (Å²) in [5.74, 6) is -2.43. The van der Waals surface area contributed by atoms with Crippen molar-refractivity contribution in [3.8, 4) is 0 Å². The SMILES string of the molecule is Cc1ccc(C(=O)N[C@]2(C(F)(F)F)N=C(c3ccccc3)N(Cc3ccco3)C2=O)cc1. The van der Waals surface area contributed by atoms with Gasteiger partial charge in [-0.3, -0.25) is 14.5 Å². The maximum Gasteiger partial charge on any atom is 0.442 e. The first-order valence-corrected chi connectivity index (χ1v) is 9.67. The molecule has 1 atom stereocenters. The molecule has 0 spiro atoms. The number of benzene rings is 2. The largest absolute Gasteiger partial charge is 0.467 e. The van der Waals surface area contributed by atoms with Crippen molar-refractivity contribution in [1.29, 1.82) is 0 Å². The molecule has 3 aromatic rings. The molecule has 1 aromatic heterocycles. The smallest absolute Gasteiger partial charge is 0.442 e. The first-order valence-electron chi connectivity index (χ1n) is 9.67. The van der Waals surface area contributed by atoms with Gasteiger partial charge in [0.25, 0.3) is 11.8 Å². The number of amidine groups is 1. The fraction of sp³-hybridized carbons (Fsp3) is 0.174. The minimum absolute atomic E-state index is 0.0204. The predicted octanol–water partition coefficient (Wildman–Crippen LogP) is 4.07. The fourth-order valence-corrected chi connectivity index (χ4v) is 3.35. The monoisotopic (exact) mass is 441 g/mol. The second-order valence-corrected chi connectivity index (χ2v) is 7.30. The highest BCUT2D eigenvalue weighted by Gasteiger charge is 2.67. The van der Waals surface area contributed by atoms with E-state index in [-0.39, 0.29) is 23.7 Å². The van der Waals surface area contributed by atoms with Gasteiger partial charge in [0.2, 0.25) is 0 Å². The Kier molecular flexibility index (Phi) is 5.33. The molecule has 164 valence electrons. The molecule has 1 aliphatic rings. The average Bonchev–Trinajstić information content (AvgIpc) is 3.37. The zero-order valence-corrected chi connectivity index (χ0v) is 16.9. The number of hydrogen-bond acceptors (Lipinski definition) is 4. The highest BCUT2D eigenvalue weighted by Crippen LogP contribution is 2.39. The minimum Gasteiger partial charge on any atom is -0.467 e. The van der Waals surface area contributed by atoms with Crippen LogP contribution in [-0.2, 0) is 11.3 Å². The number of nitrogens with one attached hydrogen (secondary N) is 1. The maximum atomic E-state index is 14.4. The van der Waals surface area contributed by atoms with Gasteiger partial charge in [0.05, 0.1) is 12.8 Å². The molecule has 0 radical (unpaired) electrons. The van der Waals surface area contributed by atoms with E-state index in [1.54, 1.807) is 43.3 Å². The molecule has 0 saturated carbocycles. The quantitative estimate of drug-likeness (QED) is 0.649. The topological polar surface area (TPSA) is 74.9 Å². The molecule has 0 bridgehead atoms. The highest BCUT2D eigenvalue weighted by atomic mass is 19.4. The van der Waals surface area contributed by atoms with Crippen LogP contribution in [0.1, 0.15) is 27.2 Å². The van der Waals surface area contributed by atoms with Crippen molar-refractivity contribution in [3.05, 3.63) is 95.4 Å². The summed E-state index contributed by atoms with van der Waals surface area (Å²) in [6.45, 7) is 1.50. The van der Waals surface area contributed by atoms with Crippen LogP contribution in [0.4, 0.5) is 13.2 Å². The van der Waals surface area contributed by atoms with Crippen molar-refractivity contribution in [1.82, 2.24) is 10.2 Å². The molecule has 0 aliphatic carbocycles. The van der Waals surface area contributed by atoms with Crippen molar-refractivity contribution in [2.24, 2.45) is 4.99 Å². The van der Waals surface area contributed by atoms with E-state index in [4.69, 9.17) is 4.42 Å². The average molecular weight is 441 g/mol. The van der Waals surface area contributed by atoms with Crippen molar-refractivity contribution in [3.63, 3.8) is 0 Å². The number of alkyl halides is 3. The molecule has 32 heavy (non-hydrogen) atoms. The number of hydrogen-bond donors (Lipinski definition) is 1. The van der Waals surface area contributed by atoms with Gasteiger partial charge in [0.15, 0.2) is 0 Å². The van der Waals surface area contributed by atoms with Crippen LogP contribution in [0.2, 0.25) is 0 Å². The van der Waals surface area contributed by atoms with E-state index in [9.17, 15) is 22.8 Å². The highest BCUT2D eigenvalue weighted by molar-refractivity contribution is 6.16. The third-order valence-corrected chi connectivity index (χ3v) is 5.03. The van der Waals surface area contributed by atoms with Crippen molar-refractivity contribution in [2.75, 3.05) is 0 Å². The van der Waals surface area contributed by atoms with Crippen LogP contribution in [0.25, 0.3) is 0 Å². The van der Waals surface area contributed by atoms with Gasteiger partial charge in [-0.15, -0.1) is 0 Å². The Bertz CT molecular complexity index is 1160. The summed E-state index contributed by atoms with van der Waals surface area (Å²) in [4.78, 5) is 30.6. The Hall–Kier alpha value is -3.88. The Morgan fingerprint density at radius 3 is 2.34 bits per heavy atom. The van der Waals surface area contributed by atoms with Gasteiger partial charge < -0.3 is 9.73 Å². The summed E-state index contributed by atoms with van der Waals surface area (Å²) in [7, 11) is 0. The molecule has 6 nitrogen and oxygen atoms in total. The number of carbonyl (C=O) groups is 2. The molecule has 1 N–H and O–H groups in total. The first kappa shape index (κ1) is 21.4. The second-order valence-electron chi connectivity index (χ2n) is 7.30. The number of halogens is 3. The van der Waals surface area contributed by atoms with E-state index in [1.807, 2.05) is 5.32 Å². The van der Waals surface area contributed by atoms with Gasteiger partial charge in [0.1, 0.15) is 11.6 Å². The molecule has 0 fully saturated rings. The van der Waals surface area contributed by atoms with Gasteiger partial charge in [-0.2, -0.15) is 13.2 Å². The number of aryl methyl sites for hydroxylation is 1. The van der Waals surface area contributed by atoms with Gasteiger partial charge in [-0.05, 0) is 31.2 Å². The Labute approximate surface area is 181 Å². The summed E-state index contributed by atoms with van der Waals surface area (Å²) < 4.78 is 48.3. The van der Waals surface area contributed by atoms with Crippen LogP contribution >= 0.6 is 0 Å². The molecule has 2 heterocycles. The van der Waals surface area contributed by atoms with E-state index in [1.165, 1.54) is 36.6 Å². The molecule has 0 saturated heterocycles. The normalized spacial score (nSPS) is 18.6. The molecular weight excluding hydrogens is 423 g/mol. The number of amides is 2. The van der Waals surface area contributed by atoms with Gasteiger partial charge in [-0.1, -0.05) is 48.0 Å². The second kappa shape index (κ2) is 7.99. The summed E-state index contributed by atoms with van der Waals surface area (Å²) in [6, 6.07) is 17.0. The summed E-state index contributed by atoms with van der Waals surface area (Å²) in [5.41, 5.74) is -2.36. The van der Waals surface area contributed by atoms with Crippen LogP contribution in [0.3, 0.4) is 0 Å². The molecule has 1 aliphatic heterocycles. The zero-order valence-electron chi connectivity index (χ0n) is 16.9. The molecule has 0 unspecified atom stereocenters. The lowest BCUT2D eigenvalue weighted by Crippen LogP contribution is -2.63. The third kappa shape index (κ3) is 3.77. The van der Waals surface area contributed by atoms with Crippen molar-refractivity contribution < 1.29 is 27.2 Å².